The zero-order valence-electron chi connectivity index (χ0n) is 21.2. The van der Waals surface area contributed by atoms with Crippen LogP contribution in [0.4, 0.5) is 0 Å². The zero-order valence-corrected chi connectivity index (χ0v) is 21.2. The number of hydrogen-bond acceptors (Lipinski definition) is 15. The Morgan fingerprint density at radius 1 is 0.805 bits per heavy atom. The minimum Gasteiger partial charge on any atom is -0.508 e. The van der Waals surface area contributed by atoms with Crippen molar-refractivity contribution in [1.29, 1.82) is 0 Å². The van der Waals surface area contributed by atoms with E-state index in [2.05, 4.69) is 0 Å². The molecule has 0 amide bonds. The Hall–Kier alpha value is -3.09. The maximum Gasteiger partial charge on any atom is 0.199 e. The standard InChI is InChI=1S/C26H30O15/c27-10-2-3-11-15(6-10)39-23(9-1-4-12(28)13(29)5-9)24(17(11)31)41-26-22(36)20(34)19(33)16(40-26)8-38-25-21(35)18(32)14(30)7-37-25/h1-6,14,16,18-30,32-36H,7-8H2/t14-,16-,18+,19-,20+,21-,22-,23-,24-,25+,26+/m1/s1. The molecule has 0 bridgehead atoms. The van der Waals surface area contributed by atoms with Crippen molar-refractivity contribution in [3.8, 4) is 23.0 Å². The van der Waals surface area contributed by atoms with Crippen LogP contribution >= 0.6 is 0 Å². The molecular weight excluding hydrogens is 552 g/mol. The topological polar surface area (TPSA) is 245 Å². The van der Waals surface area contributed by atoms with Crippen molar-refractivity contribution >= 4 is 5.78 Å². The molecular formula is C26H30O15. The van der Waals surface area contributed by atoms with E-state index in [1.165, 1.54) is 24.3 Å². The second-order valence-corrected chi connectivity index (χ2v) is 9.99. The fraction of sp³-hybridized carbons (Fsp3) is 0.500. The third-order valence-electron chi connectivity index (χ3n) is 7.17. The van der Waals surface area contributed by atoms with Crippen LogP contribution in [0, 0.1) is 0 Å². The summed E-state index contributed by atoms with van der Waals surface area (Å²) in [7, 11) is 0. The van der Waals surface area contributed by atoms with Crippen molar-refractivity contribution in [2.75, 3.05) is 13.2 Å². The van der Waals surface area contributed by atoms with Gasteiger partial charge in [0, 0.05) is 6.07 Å². The molecule has 0 unspecified atom stereocenters. The number of carbonyl (C=O) groups excluding carboxylic acids is 1. The van der Waals surface area contributed by atoms with Crippen molar-refractivity contribution in [2.45, 2.75) is 67.5 Å². The van der Waals surface area contributed by atoms with E-state index in [4.69, 9.17) is 23.7 Å². The summed E-state index contributed by atoms with van der Waals surface area (Å²) in [6.07, 6.45) is -17.4. The van der Waals surface area contributed by atoms with Gasteiger partial charge in [0.2, 0.25) is 0 Å². The molecule has 0 radical (unpaired) electrons. The van der Waals surface area contributed by atoms with Gasteiger partial charge < -0.3 is 69.6 Å². The molecule has 5 rings (SSSR count). The summed E-state index contributed by atoms with van der Waals surface area (Å²) in [5.41, 5.74) is 0.185. The number of hydrogen-bond donors (Lipinski definition) is 9. The number of Topliss-reactive ketones (excluding diaryl/α,β-unsaturated/α-hetero) is 1. The first kappa shape index (κ1) is 29.4. The lowest BCUT2D eigenvalue weighted by molar-refractivity contribution is -0.327. The summed E-state index contributed by atoms with van der Waals surface area (Å²) < 4.78 is 28.0. The lowest BCUT2D eigenvalue weighted by Crippen LogP contribution is -2.61. The number of benzene rings is 2. The quantitative estimate of drug-likeness (QED) is 0.164. The fourth-order valence-electron chi connectivity index (χ4n) is 4.82. The van der Waals surface area contributed by atoms with Gasteiger partial charge in [0.25, 0.3) is 0 Å². The molecule has 0 aliphatic carbocycles. The number of aliphatic hydroxyl groups is 6. The lowest BCUT2D eigenvalue weighted by Gasteiger charge is -2.43. The van der Waals surface area contributed by atoms with Crippen LogP contribution in [0.15, 0.2) is 36.4 Å². The van der Waals surface area contributed by atoms with Crippen molar-refractivity contribution < 1.29 is 74.4 Å². The van der Waals surface area contributed by atoms with E-state index < -0.39 is 91.4 Å². The van der Waals surface area contributed by atoms with Crippen LogP contribution in [-0.4, -0.2) is 126 Å². The first-order valence-corrected chi connectivity index (χ1v) is 12.6. The molecule has 2 aromatic rings. The van der Waals surface area contributed by atoms with Crippen molar-refractivity contribution in [3.63, 3.8) is 0 Å². The predicted octanol–water partition coefficient (Wildman–Crippen LogP) is -2.23. The maximum atomic E-state index is 13.5. The molecule has 11 atom stereocenters. The highest BCUT2D eigenvalue weighted by atomic mass is 16.7. The van der Waals surface area contributed by atoms with Crippen LogP contribution in [0.3, 0.4) is 0 Å². The molecule has 0 aromatic heterocycles. The molecule has 2 aromatic carbocycles. The van der Waals surface area contributed by atoms with Gasteiger partial charge in [-0.05, 0) is 29.8 Å². The number of aromatic hydroxyl groups is 3. The number of phenols is 3. The van der Waals surface area contributed by atoms with Crippen LogP contribution in [-0.2, 0) is 18.9 Å². The number of ether oxygens (including phenoxy) is 5. The van der Waals surface area contributed by atoms with E-state index in [9.17, 15) is 50.8 Å². The first-order chi connectivity index (χ1) is 19.5. The van der Waals surface area contributed by atoms with E-state index in [-0.39, 0.29) is 29.2 Å². The lowest BCUT2D eigenvalue weighted by atomic mass is 9.92. The predicted molar refractivity (Wildman–Crippen MR) is 131 cm³/mol. The average Bonchev–Trinajstić information content (AvgIpc) is 2.94. The van der Waals surface area contributed by atoms with Crippen molar-refractivity contribution in [3.05, 3.63) is 47.5 Å². The molecule has 3 aliphatic rings. The zero-order chi connectivity index (χ0) is 29.6. The van der Waals surface area contributed by atoms with Gasteiger partial charge >= 0.3 is 0 Å². The summed E-state index contributed by atoms with van der Waals surface area (Å²) in [6, 6.07) is 7.39. The third-order valence-corrected chi connectivity index (χ3v) is 7.17. The van der Waals surface area contributed by atoms with E-state index in [1.807, 2.05) is 0 Å². The third kappa shape index (κ3) is 5.69. The molecule has 15 heteroatoms. The molecule has 3 aliphatic heterocycles. The summed E-state index contributed by atoms with van der Waals surface area (Å²) in [5, 5.41) is 90.8. The van der Waals surface area contributed by atoms with Gasteiger partial charge in [-0.1, -0.05) is 6.07 Å². The Kier molecular flexibility index (Phi) is 8.36. The van der Waals surface area contributed by atoms with Crippen LogP contribution in [0.2, 0.25) is 0 Å². The maximum absolute atomic E-state index is 13.5. The minimum atomic E-state index is -1.86. The summed E-state index contributed by atoms with van der Waals surface area (Å²) in [6.45, 7) is -0.886. The normalized spacial score (nSPS) is 37.3. The Bertz CT molecular complexity index is 1260. The monoisotopic (exact) mass is 582 g/mol. The van der Waals surface area contributed by atoms with E-state index >= 15 is 0 Å². The van der Waals surface area contributed by atoms with Gasteiger partial charge in [-0.3, -0.25) is 4.79 Å². The Labute approximate surface area is 231 Å². The van der Waals surface area contributed by atoms with Gasteiger partial charge in [-0.25, -0.2) is 0 Å². The van der Waals surface area contributed by atoms with E-state index in [0.717, 1.165) is 12.1 Å². The van der Waals surface area contributed by atoms with Crippen LogP contribution in [0.1, 0.15) is 22.0 Å². The molecule has 3 heterocycles. The second-order valence-electron chi connectivity index (χ2n) is 9.99. The number of aliphatic hydroxyl groups excluding tert-OH is 6. The van der Waals surface area contributed by atoms with Gasteiger partial charge in [0.05, 0.1) is 18.8 Å². The first-order valence-electron chi connectivity index (χ1n) is 12.6. The van der Waals surface area contributed by atoms with E-state index in [1.54, 1.807) is 0 Å². The number of ketones is 1. The molecule has 41 heavy (non-hydrogen) atoms. The fourth-order valence-corrected chi connectivity index (χ4v) is 4.82. The highest BCUT2D eigenvalue weighted by Gasteiger charge is 2.49. The molecule has 0 saturated carbocycles. The molecule has 2 fully saturated rings. The highest BCUT2D eigenvalue weighted by molar-refractivity contribution is 6.03. The van der Waals surface area contributed by atoms with E-state index in [0.29, 0.717) is 0 Å². The smallest absolute Gasteiger partial charge is 0.199 e. The van der Waals surface area contributed by atoms with Crippen LogP contribution in [0.25, 0.3) is 0 Å². The summed E-state index contributed by atoms with van der Waals surface area (Å²) in [4.78, 5) is 13.5. The number of carbonyl (C=O) groups is 1. The van der Waals surface area contributed by atoms with Gasteiger partial charge in [-0.15, -0.1) is 0 Å². The Morgan fingerprint density at radius 3 is 2.27 bits per heavy atom. The Morgan fingerprint density at radius 2 is 1.54 bits per heavy atom. The molecule has 15 nitrogen and oxygen atoms in total. The van der Waals surface area contributed by atoms with Crippen LogP contribution in [0.5, 0.6) is 23.0 Å². The molecule has 9 N–H and O–H groups in total. The summed E-state index contributed by atoms with van der Waals surface area (Å²) >= 11 is 0. The summed E-state index contributed by atoms with van der Waals surface area (Å²) in [5.74, 6) is -1.82. The number of rotatable bonds is 6. The Balaban J connectivity index is 1.38. The highest BCUT2D eigenvalue weighted by Crippen LogP contribution is 2.41. The average molecular weight is 583 g/mol. The molecule has 0 spiro atoms. The second kappa shape index (κ2) is 11.7. The molecule has 2 saturated heterocycles. The van der Waals surface area contributed by atoms with Crippen molar-refractivity contribution in [1.82, 2.24) is 0 Å². The molecule has 224 valence electrons. The number of fused-ring (bicyclic) bond motifs is 1. The van der Waals surface area contributed by atoms with Gasteiger partial charge in [0.15, 0.2) is 42.1 Å². The largest absolute Gasteiger partial charge is 0.508 e. The SMILES string of the molecule is O=C1c2ccc(O)cc2O[C@H](c2ccc(O)c(O)c2)[C@@H]1O[C@@H]1O[C@H](CO[C@@H]2OC[C@@H](O)[C@H](O)[C@H]2O)[C@@H](O)[C@H](O)[C@H]1O. The van der Waals surface area contributed by atoms with Gasteiger partial charge in [0.1, 0.15) is 54.2 Å². The number of phenolic OH excluding ortho intramolecular Hbond substituents is 3. The van der Waals surface area contributed by atoms with Crippen LogP contribution < -0.4 is 4.74 Å². The van der Waals surface area contributed by atoms with Gasteiger partial charge in [-0.2, -0.15) is 0 Å². The van der Waals surface area contributed by atoms with Crippen molar-refractivity contribution in [2.24, 2.45) is 0 Å². The minimum absolute atomic E-state index is 0.00222.